The normalized spacial score (nSPS) is 17.5. The van der Waals surface area contributed by atoms with E-state index in [9.17, 15) is 0 Å². The van der Waals surface area contributed by atoms with Crippen molar-refractivity contribution in [2.45, 2.75) is 28.6 Å². The Balaban J connectivity index is 1.04. The van der Waals surface area contributed by atoms with Crippen molar-refractivity contribution in [1.82, 2.24) is 0 Å². The molecule has 2 aliphatic rings. The predicted octanol–water partition coefficient (Wildman–Crippen LogP) is 13.8. The molecule has 0 heterocycles. The van der Waals surface area contributed by atoms with Crippen LogP contribution in [0.3, 0.4) is 0 Å². The maximum atomic E-state index is 7.59. The quantitative estimate of drug-likeness (QED) is 0.134. The summed E-state index contributed by atoms with van der Waals surface area (Å²) < 4.78 is 2.20. The van der Waals surface area contributed by atoms with Crippen molar-refractivity contribution < 1.29 is 35.8 Å². The number of benzene rings is 6. The predicted molar refractivity (Wildman–Crippen MR) is 213 cm³/mol. The molecule has 6 aromatic rings. The van der Waals surface area contributed by atoms with E-state index in [1.807, 2.05) is 0 Å². The minimum absolute atomic E-state index is 0.141. The molecule has 0 aliphatic heterocycles. The molecule has 0 bridgehead atoms. The Labute approximate surface area is 315 Å². The van der Waals surface area contributed by atoms with Crippen LogP contribution in [0.2, 0.25) is 7.50 Å². The zero-order chi connectivity index (χ0) is 33.9. The number of allylic oxidation sites excluding steroid dienone is 2. The van der Waals surface area contributed by atoms with Gasteiger partial charge in [0, 0.05) is 0 Å². The van der Waals surface area contributed by atoms with Gasteiger partial charge in [-0.3, -0.25) is 0 Å². The van der Waals surface area contributed by atoms with E-state index < -0.39 is 45.3 Å². The summed E-state index contributed by atoms with van der Waals surface area (Å²) in [4.78, 5) is 0. The fraction of sp³-hybridized carbons (Fsp3) is 0.143. The van der Waals surface area contributed by atoms with Crippen LogP contribution in [0, 0.1) is 0 Å². The summed E-state index contributed by atoms with van der Waals surface area (Å²) in [6.07, 6.45) is 4.69. The van der Waals surface area contributed by atoms with Gasteiger partial charge in [0.15, 0.2) is 0 Å². The van der Waals surface area contributed by atoms with Crippen molar-refractivity contribution in [3.05, 3.63) is 155 Å². The van der Waals surface area contributed by atoms with Crippen LogP contribution in [-0.4, -0.2) is 9.52 Å². The number of fused-ring (bicyclic) bond motifs is 4. The van der Waals surface area contributed by atoms with E-state index in [4.69, 9.17) is 34.1 Å². The van der Waals surface area contributed by atoms with Crippen LogP contribution >= 0.6 is 34.1 Å². The van der Waals surface area contributed by atoms with Crippen molar-refractivity contribution in [2.75, 3.05) is 0 Å². The Morgan fingerprint density at radius 3 is 1.29 bits per heavy atom. The maximum absolute atomic E-state index is 7.59. The molecule has 0 saturated heterocycles. The second-order valence-corrected chi connectivity index (χ2v) is 51.3. The van der Waals surface area contributed by atoms with Gasteiger partial charge in [0.1, 0.15) is 0 Å². The van der Waals surface area contributed by atoms with Crippen molar-refractivity contribution >= 4 is 77.3 Å². The SMILES string of the molecule is CC1=Cc2c(-c3cccc4ccccc34)cccc2[CH]1[Zr]([Cl])([Cl])[CH2][SiH2][CH2][Zr]([Cl])([Cl])[CH]1C(C)=Cc2c(-c3cccc4ccccc34)cccc21. The van der Waals surface area contributed by atoms with E-state index >= 15 is 0 Å². The number of hydrogen-bond donors (Lipinski definition) is 0. The van der Waals surface area contributed by atoms with Crippen molar-refractivity contribution in [2.24, 2.45) is 0 Å². The Kier molecular flexibility index (Phi) is 9.72. The molecule has 2 unspecified atom stereocenters. The first-order valence-electron chi connectivity index (χ1n) is 17.0. The van der Waals surface area contributed by atoms with Crippen molar-refractivity contribution in [1.29, 1.82) is 0 Å². The monoisotopic (exact) mass is 888 g/mol. The first-order valence-corrected chi connectivity index (χ1v) is 38.0. The van der Waals surface area contributed by atoms with Crippen LogP contribution in [0.1, 0.15) is 43.4 Å². The zero-order valence-electron chi connectivity index (χ0n) is 27.5. The van der Waals surface area contributed by atoms with Gasteiger partial charge in [0.2, 0.25) is 0 Å². The molecule has 6 aromatic carbocycles. The second-order valence-electron chi connectivity index (χ2n) is 13.7. The molecule has 2 atom stereocenters. The summed E-state index contributed by atoms with van der Waals surface area (Å²) in [6, 6.07) is 43.7. The van der Waals surface area contributed by atoms with Crippen LogP contribution in [-0.2, 0) is 35.8 Å². The third-order valence-electron chi connectivity index (χ3n) is 10.6. The Bertz CT molecular complexity index is 2150. The Morgan fingerprint density at radius 1 is 0.469 bits per heavy atom. The van der Waals surface area contributed by atoms with Crippen LogP contribution in [0.15, 0.2) is 132 Å². The molecule has 0 saturated carbocycles. The van der Waals surface area contributed by atoms with Gasteiger partial charge < -0.3 is 0 Å². The average molecular weight is 893 g/mol. The average Bonchev–Trinajstić information content (AvgIpc) is 3.64. The summed E-state index contributed by atoms with van der Waals surface area (Å²) in [6.45, 7) is 4.44. The first kappa shape index (κ1) is 34.5. The topological polar surface area (TPSA) is 0 Å². The van der Waals surface area contributed by atoms with E-state index in [1.165, 1.54) is 77.2 Å². The van der Waals surface area contributed by atoms with Crippen LogP contribution in [0.25, 0.3) is 56.0 Å². The molecule has 7 heteroatoms. The van der Waals surface area contributed by atoms with Gasteiger partial charge in [0.25, 0.3) is 0 Å². The van der Waals surface area contributed by atoms with E-state index in [1.54, 1.807) is 0 Å². The summed E-state index contributed by atoms with van der Waals surface area (Å²) in [7, 11) is 29.7. The fourth-order valence-electron chi connectivity index (χ4n) is 8.46. The van der Waals surface area contributed by atoms with E-state index in [0.29, 0.717) is 0 Å². The standard InChI is InChI=1S/2C20H15.C2H6Si.4ClH.2Zr/c2*1-14-12-16-8-5-11-19(20(16)13-14)18-10-4-7-15-6-2-3-9-17(15)18;1-3-2;;;;;;/h2*2-13H,1H3;1-3H2;4*1H;;/q;;;;;;;2*+2/p-4. The van der Waals surface area contributed by atoms with Gasteiger partial charge in [-0.05, 0) is 0 Å². The van der Waals surface area contributed by atoms with Crippen LogP contribution in [0.5, 0.6) is 0 Å². The van der Waals surface area contributed by atoms with Gasteiger partial charge in [-0.25, -0.2) is 0 Å². The molecule has 0 spiro atoms. The molecule has 8 rings (SSSR count). The molecule has 0 N–H and O–H groups in total. The minimum atomic E-state index is -3.65. The van der Waals surface area contributed by atoms with Gasteiger partial charge in [-0.1, -0.05) is 0 Å². The summed E-state index contributed by atoms with van der Waals surface area (Å²) in [5.41, 5.74) is 12.8. The summed E-state index contributed by atoms with van der Waals surface area (Å²) in [5.74, 6) is 0. The molecular weight excluding hydrogens is 857 g/mol. The third-order valence-corrected chi connectivity index (χ3v) is 54.2. The number of halogens is 4. The molecule has 0 amide bonds. The number of hydrogen-bond acceptors (Lipinski definition) is 0. The van der Waals surface area contributed by atoms with Crippen LogP contribution in [0.4, 0.5) is 0 Å². The van der Waals surface area contributed by atoms with Gasteiger partial charge >= 0.3 is 319 Å². The molecular formula is C42H36Cl4SiZr2. The molecule has 0 aromatic heterocycles. The van der Waals surface area contributed by atoms with E-state index in [0.717, 1.165) is 7.50 Å². The molecule has 2 aliphatic carbocycles. The molecule has 0 nitrogen and oxygen atoms in total. The van der Waals surface area contributed by atoms with Crippen molar-refractivity contribution in [3.8, 4) is 22.3 Å². The first-order chi connectivity index (χ1) is 23.6. The Hall–Kier alpha value is -1.54. The van der Waals surface area contributed by atoms with Gasteiger partial charge in [-0.2, -0.15) is 0 Å². The van der Waals surface area contributed by atoms with E-state index in [2.05, 4.69) is 147 Å². The third kappa shape index (κ3) is 6.33. The molecule has 0 radical (unpaired) electrons. The van der Waals surface area contributed by atoms with Gasteiger partial charge in [-0.15, -0.1) is 0 Å². The summed E-state index contributed by atoms with van der Waals surface area (Å²) >= 11 is -7.31. The van der Waals surface area contributed by atoms with E-state index in [-0.39, 0.29) is 7.25 Å². The molecule has 49 heavy (non-hydrogen) atoms. The molecule has 0 fully saturated rings. The van der Waals surface area contributed by atoms with Crippen LogP contribution < -0.4 is 0 Å². The second kappa shape index (κ2) is 13.8. The fourth-order valence-corrected chi connectivity index (χ4v) is 53.9. The Morgan fingerprint density at radius 2 is 0.837 bits per heavy atom. The summed E-state index contributed by atoms with van der Waals surface area (Å²) in [5, 5.41) is 5.03. The zero-order valence-corrected chi connectivity index (χ0v) is 36.8. The molecule has 244 valence electrons. The van der Waals surface area contributed by atoms with Gasteiger partial charge in [0.05, 0.1) is 0 Å². The van der Waals surface area contributed by atoms with Crippen molar-refractivity contribution in [3.63, 3.8) is 0 Å². The number of rotatable bonds is 8.